The number of ether oxygens (including phenoxy) is 1. The molecule has 2 rings (SSSR count). The van der Waals surface area contributed by atoms with Crippen molar-refractivity contribution in [1.82, 2.24) is 0 Å². The Morgan fingerprint density at radius 2 is 1.63 bits per heavy atom. The normalized spacial score (nSPS) is 11.1. The summed E-state index contributed by atoms with van der Waals surface area (Å²) in [4.78, 5) is 13.0. The third kappa shape index (κ3) is 6.22. The molecule has 142 valence electrons. The van der Waals surface area contributed by atoms with Crippen LogP contribution in [0.1, 0.15) is 58.4 Å². The van der Waals surface area contributed by atoms with Crippen LogP contribution in [0.25, 0.3) is 0 Å². The summed E-state index contributed by atoms with van der Waals surface area (Å²) in [7, 11) is 0.141. The van der Waals surface area contributed by atoms with E-state index in [1.165, 1.54) is 11.1 Å². The molecule has 0 spiro atoms. The SMILES string of the molecule is Cc1cc(OCCC(C)C)ccc1PC(=O)c1c(C)cc(C)c(C)c1C.[LiH]. The van der Waals surface area contributed by atoms with E-state index in [1.54, 1.807) is 0 Å². The van der Waals surface area contributed by atoms with Gasteiger partial charge in [-0.2, -0.15) is 0 Å². The van der Waals surface area contributed by atoms with Crippen molar-refractivity contribution in [2.24, 2.45) is 5.92 Å². The Morgan fingerprint density at radius 1 is 0.963 bits per heavy atom. The molecule has 0 aliphatic heterocycles. The molecule has 0 saturated heterocycles. The zero-order chi connectivity index (χ0) is 19.4. The molecule has 27 heavy (non-hydrogen) atoms. The van der Waals surface area contributed by atoms with Gasteiger partial charge in [0.15, 0.2) is 5.52 Å². The van der Waals surface area contributed by atoms with Crippen molar-refractivity contribution in [3.63, 3.8) is 0 Å². The Morgan fingerprint density at radius 3 is 2.22 bits per heavy atom. The van der Waals surface area contributed by atoms with Gasteiger partial charge in [0.1, 0.15) is 5.75 Å². The average molecular weight is 378 g/mol. The van der Waals surface area contributed by atoms with Crippen LogP contribution in [0.4, 0.5) is 0 Å². The Labute approximate surface area is 178 Å². The van der Waals surface area contributed by atoms with Gasteiger partial charge in [-0.15, -0.1) is 0 Å². The number of rotatable bonds is 7. The molecule has 0 fully saturated rings. The fourth-order valence-corrected chi connectivity index (χ4v) is 4.29. The van der Waals surface area contributed by atoms with Crippen LogP contribution in [0, 0.1) is 40.5 Å². The van der Waals surface area contributed by atoms with Crippen LogP contribution in [0.2, 0.25) is 0 Å². The summed E-state index contributed by atoms with van der Waals surface area (Å²) < 4.78 is 5.83. The summed E-state index contributed by atoms with van der Waals surface area (Å²) in [5, 5.41) is 1.10. The van der Waals surface area contributed by atoms with Gasteiger partial charge in [0, 0.05) is 5.56 Å². The predicted octanol–water partition coefficient (Wildman–Crippen LogP) is 5.15. The molecule has 2 aromatic rings. The van der Waals surface area contributed by atoms with Gasteiger partial charge in [-0.05, 0) is 101 Å². The third-order valence-electron chi connectivity index (χ3n) is 4.99. The van der Waals surface area contributed by atoms with Crippen LogP contribution in [-0.4, -0.2) is 31.0 Å². The van der Waals surface area contributed by atoms with Gasteiger partial charge in [0.25, 0.3) is 0 Å². The molecule has 0 radical (unpaired) electrons. The van der Waals surface area contributed by atoms with Crippen LogP contribution in [0.15, 0.2) is 24.3 Å². The first-order valence-electron chi connectivity index (χ1n) is 9.33. The molecule has 0 bridgehead atoms. The Hall–Kier alpha value is -1.06. The second-order valence-corrected chi connectivity index (χ2v) is 8.84. The van der Waals surface area contributed by atoms with E-state index in [1.807, 2.05) is 19.1 Å². The van der Waals surface area contributed by atoms with Crippen LogP contribution in [-0.2, 0) is 0 Å². The van der Waals surface area contributed by atoms with Crippen molar-refractivity contribution in [1.29, 1.82) is 0 Å². The molecule has 0 amide bonds. The van der Waals surface area contributed by atoms with Gasteiger partial charge in [0.2, 0.25) is 0 Å². The number of carbonyl (C=O) groups is 1. The summed E-state index contributed by atoms with van der Waals surface area (Å²) in [6, 6.07) is 8.21. The van der Waals surface area contributed by atoms with Gasteiger partial charge < -0.3 is 4.74 Å². The first-order valence-corrected chi connectivity index (χ1v) is 10.3. The zero-order valence-electron chi connectivity index (χ0n) is 17.1. The van der Waals surface area contributed by atoms with Gasteiger partial charge in [-0.25, -0.2) is 0 Å². The van der Waals surface area contributed by atoms with Crippen LogP contribution < -0.4 is 10.0 Å². The van der Waals surface area contributed by atoms with Gasteiger partial charge >= 0.3 is 18.9 Å². The zero-order valence-corrected chi connectivity index (χ0v) is 18.1. The van der Waals surface area contributed by atoms with Crippen LogP contribution in [0.3, 0.4) is 0 Å². The predicted molar refractivity (Wildman–Crippen MR) is 121 cm³/mol. The van der Waals surface area contributed by atoms with E-state index in [2.05, 4.69) is 53.7 Å². The van der Waals surface area contributed by atoms with Crippen LogP contribution >= 0.6 is 8.58 Å². The standard InChI is InChI=1S/C23H31O2P.Li.H/c1-14(2)10-11-25-20-8-9-21(16(4)13-20)26-23(24)22-17(5)12-15(3)18(6)19(22)7;;/h8-9,12-14,26H,10-11H2,1-7H3;;. The quantitative estimate of drug-likeness (QED) is 0.492. The van der Waals surface area contributed by atoms with Crippen LogP contribution in [0.5, 0.6) is 5.75 Å². The molecular weight excluding hydrogens is 346 g/mol. The molecular formula is C23H32LiO2P. The van der Waals surface area contributed by atoms with Gasteiger partial charge in [-0.3, -0.25) is 4.79 Å². The van der Waals surface area contributed by atoms with Crippen molar-refractivity contribution in [2.45, 2.75) is 54.9 Å². The molecule has 4 heteroatoms. The molecule has 0 aliphatic carbocycles. The second kappa shape index (κ2) is 10.5. The first kappa shape index (κ1) is 24.0. The van der Waals surface area contributed by atoms with E-state index in [4.69, 9.17) is 4.74 Å². The molecule has 0 N–H and O–H groups in total. The monoisotopic (exact) mass is 378 g/mol. The molecule has 1 atom stereocenters. The van der Waals surface area contributed by atoms with E-state index in [9.17, 15) is 4.79 Å². The number of aryl methyl sites for hydroxylation is 3. The molecule has 0 aromatic heterocycles. The number of hydrogen-bond donors (Lipinski definition) is 0. The Balaban J connectivity index is 0.00000364. The molecule has 0 saturated carbocycles. The summed E-state index contributed by atoms with van der Waals surface area (Å²) in [6.45, 7) is 15.5. The summed E-state index contributed by atoms with van der Waals surface area (Å²) in [6.07, 6.45) is 1.05. The topological polar surface area (TPSA) is 26.3 Å². The molecule has 2 nitrogen and oxygen atoms in total. The molecule has 2 aromatic carbocycles. The minimum absolute atomic E-state index is 0. The van der Waals surface area contributed by atoms with Gasteiger partial charge in [-0.1, -0.05) is 26.0 Å². The van der Waals surface area contributed by atoms with Gasteiger partial charge in [0.05, 0.1) is 6.61 Å². The molecule has 1 unspecified atom stereocenters. The summed E-state index contributed by atoms with van der Waals surface area (Å²) in [5.41, 5.74) is 6.90. The summed E-state index contributed by atoms with van der Waals surface area (Å²) in [5.74, 6) is 1.53. The van der Waals surface area contributed by atoms with E-state index >= 15 is 0 Å². The second-order valence-electron chi connectivity index (χ2n) is 7.60. The van der Waals surface area contributed by atoms with E-state index in [0.717, 1.165) is 46.3 Å². The Kier molecular flexibility index (Phi) is 9.30. The molecule has 0 heterocycles. The Bertz CT molecular complexity index is 813. The number of hydrogen-bond acceptors (Lipinski definition) is 2. The maximum atomic E-state index is 13.0. The van der Waals surface area contributed by atoms with E-state index in [-0.39, 0.29) is 33.0 Å². The fourth-order valence-electron chi connectivity index (χ4n) is 3.10. The summed E-state index contributed by atoms with van der Waals surface area (Å²) >= 11 is 0. The van der Waals surface area contributed by atoms with Crippen molar-refractivity contribution in [2.75, 3.05) is 6.61 Å². The average Bonchev–Trinajstić information content (AvgIpc) is 2.55. The minimum atomic E-state index is 0. The van der Waals surface area contributed by atoms with Crippen molar-refractivity contribution < 1.29 is 9.53 Å². The molecule has 0 aliphatic rings. The maximum absolute atomic E-state index is 13.0. The van der Waals surface area contributed by atoms with Crippen molar-refractivity contribution in [3.8, 4) is 5.75 Å². The fraction of sp³-hybridized carbons (Fsp3) is 0.435. The number of carbonyl (C=O) groups excluding carboxylic acids is 1. The van der Waals surface area contributed by atoms with Crippen molar-refractivity contribution in [3.05, 3.63) is 57.6 Å². The van der Waals surface area contributed by atoms with Crippen molar-refractivity contribution >= 4 is 38.3 Å². The number of benzene rings is 2. The third-order valence-corrected chi connectivity index (χ3v) is 6.30. The first-order chi connectivity index (χ1) is 12.2. The van der Waals surface area contributed by atoms with E-state index in [0.29, 0.717) is 5.92 Å². The van der Waals surface area contributed by atoms with E-state index < -0.39 is 0 Å².